The number of fused-ring (bicyclic) bond motifs is 5. The number of allylic oxidation sites excluding steroid dienone is 1. The van der Waals surface area contributed by atoms with Crippen LogP contribution in [0.4, 0.5) is 0 Å². The molecule has 4 aliphatic carbocycles. The Labute approximate surface area is 150 Å². The number of hydrogen-bond acceptors (Lipinski definition) is 2. The van der Waals surface area contributed by atoms with E-state index in [9.17, 15) is 9.59 Å². The van der Waals surface area contributed by atoms with Crippen molar-refractivity contribution in [2.24, 2.45) is 34.5 Å². The fraction of sp³-hybridized carbons (Fsp3) is 0.810. The van der Waals surface area contributed by atoms with Crippen molar-refractivity contribution in [3.8, 4) is 0 Å². The molecule has 0 N–H and O–H groups in total. The van der Waals surface area contributed by atoms with Crippen molar-refractivity contribution >= 4 is 23.2 Å². The van der Waals surface area contributed by atoms with Gasteiger partial charge < -0.3 is 0 Å². The Morgan fingerprint density at radius 2 is 1.92 bits per heavy atom. The van der Waals surface area contributed by atoms with Crippen LogP contribution < -0.4 is 0 Å². The molecule has 3 heteroatoms. The van der Waals surface area contributed by atoms with E-state index in [4.69, 9.17) is 11.6 Å². The smallest absolute Gasteiger partial charge is 0.155 e. The van der Waals surface area contributed by atoms with Crippen LogP contribution in [-0.2, 0) is 9.59 Å². The maximum Gasteiger partial charge on any atom is 0.155 e. The second-order valence-corrected chi connectivity index (χ2v) is 9.88. The van der Waals surface area contributed by atoms with Gasteiger partial charge in [-0.25, -0.2) is 0 Å². The first-order valence-electron chi connectivity index (χ1n) is 9.67. The number of halogens is 1. The van der Waals surface area contributed by atoms with Crippen LogP contribution in [0, 0.1) is 34.5 Å². The van der Waals surface area contributed by atoms with E-state index < -0.39 is 0 Å². The van der Waals surface area contributed by atoms with Crippen molar-refractivity contribution < 1.29 is 9.59 Å². The number of carbonyl (C=O) groups excluding carboxylic acids is 2. The third kappa shape index (κ3) is 2.14. The molecule has 0 aromatic carbocycles. The number of hydrogen-bond donors (Lipinski definition) is 0. The maximum absolute atomic E-state index is 12.2. The van der Waals surface area contributed by atoms with Gasteiger partial charge in [-0.05, 0) is 85.7 Å². The molecule has 0 saturated heterocycles. The Morgan fingerprint density at radius 3 is 2.62 bits per heavy atom. The van der Waals surface area contributed by atoms with Crippen LogP contribution in [0.2, 0.25) is 0 Å². The second-order valence-electron chi connectivity index (χ2n) is 9.35. The molecule has 0 heterocycles. The van der Waals surface area contributed by atoms with Gasteiger partial charge in [0.1, 0.15) is 5.78 Å². The van der Waals surface area contributed by atoms with Crippen molar-refractivity contribution in [1.82, 2.24) is 0 Å². The highest BCUT2D eigenvalue weighted by Gasteiger charge is 2.60. The minimum absolute atomic E-state index is 0.000715. The molecular weight excluding hydrogens is 320 g/mol. The lowest BCUT2D eigenvalue weighted by Gasteiger charge is -2.59. The standard InChI is InChI=1S/C21H29ClO2/c1-12(23)15-4-5-16-14-11-19(22)18-10-13(24)6-8-21(18,3)17(14)7-9-20(15,16)2/h10,14-17,19H,4-9,11H2,1-3H3/t14-,15+,16-,17+,19+,20+,21-/m0/s1. The molecule has 0 radical (unpaired) electrons. The molecule has 0 aromatic heterocycles. The summed E-state index contributed by atoms with van der Waals surface area (Å²) >= 11 is 6.81. The minimum atomic E-state index is -0.000715. The van der Waals surface area contributed by atoms with E-state index in [1.165, 1.54) is 18.4 Å². The summed E-state index contributed by atoms with van der Waals surface area (Å²) in [5.74, 6) is 2.76. The molecule has 4 rings (SSSR count). The Kier molecular flexibility index (Phi) is 3.81. The van der Waals surface area contributed by atoms with Crippen molar-refractivity contribution in [1.29, 1.82) is 0 Å². The van der Waals surface area contributed by atoms with E-state index >= 15 is 0 Å². The minimum Gasteiger partial charge on any atom is -0.300 e. The topological polar surface area (TPSA) is 34.1 Å². The summed E-state index contributed by atoms with van der Waals surface area (Å²) in [6.45, 7) is 6.51. The van der Waals surface area contributed by atoms with Gasteiger partial charge in [-0.3, -0.25) is 9.59 Å². The van der Waals surface area contributed by atoms with Gasteiger partial charge in [-0.15, -0.1) is 11.6 Å². The molecule has 2 nitrogen and oxygen atoms in total. The largest absolute Gasteiger partial charge is 0.300 e. The van der Waals surface area contributed by atoms with Gasteiger partial charge in [0, 0.05) is 12.3 Å². The number of carbonyl (C=O) groups is 2. The van der Waals surface area contributed by atoms with Crippen LogP contribution in [0.15, 0.2) is 11.6 Å². The van der Waals surface area contributed by atoms with E-state index in [0.717, 1.165) is 25.7 Å². The maximum atomic E-state index is 12.2. The van der Waals surface area contributed by atoms with E-state index in [0.29, 0.717) is 30.0 Å². The number of ketones is 2. The molecule has 0 bridgehead atoms. The lowest BCUT2D eigenvalue weighted by atomic mass is 9.46. The average Bonchev–Trinajstić information content (AvgIpc) is 2.87. The predicted molar refractivity (Wildman–Crippen MR) is 95.9 cm³/mol. The zero-order chi connectivity index (χ0) is 17.3. The van der Waals surface area contributed by atoms with Crippen LogP contribution in [0.3, 0.4) is 0 Å². The highest BCUT2D eigenvalue weighted by atomic mass is 35.5. The van der Waals surface area contributed by atoms with Crippen molar-refractivity contribution in [3.05, 3.63) is 11.6 Å². The quantitative estimate of drug-likeness (QED) is 0.629. The van der Waals surface area contributed by atoms with Crippen LogP contribution in [0.1, 0.15) is 65.7 Å². The molecule has 0 unspecified atom stereocenters. The fourth-order valence-electron chi connectivity index (χ4n) is 7.23. The Morgan fingerprint density at radius 1 is 1.17 bits per heavy atom. The monoisotopic (exact) mass is 348 g/mol. The van der Waals surface area contributed by atoms with Crippen LogP contribution in [-0.4, -0.2) is 16.9 Å². The summed E-state index contributed by atoms with van der Waals surface area (Å²) in [5, 5.41) is -0.000715. The summed E-state index contributed by atoms with van der Waals surface area (Å²) in [6, 6.07) is 0. The normalized spacial score (nSPS) is 50.6. The SMILES string of the molecule is CC(=O)[C@H]1CC[C@H]2[C@@H]3C[C@@H](Cl)C4=CC(=O)CC[C@@]4(C)[C@@H]3CC[C@]12C. The highest BCUT2D eigenvalue weighted by molar-refractivity contribution is 6.23. The molecule has 4 aliphatic rings. The first kappa shape index (κ1) is 16.8. The molecule has 0 aliphatic heterocycles. The first-order valence-corrected chi connectivity index (χ1v) is 10.1. The van der Waals surface area contributed by atoms with Crippen LogP contribution >= 0.6 is 11.6 Å². The average molecular weight is 349 g/mol. The fourth-order valence-corrected chi connectivity index (χ4v) is 7.74. The molecule has 132 valence electrons. The lowest BCUT2D eigenvalue weighted by Crippen LogP contribution is -2.53. The van der Waals surface area contributed by atoms with Crippen molar-refractivity contribution in [2.45, 2.75) is 71.1 Å². The van der Waals surface area contributed by atoms with Gasteiger partial charge in [0.2, 0.25) is 0 Å². The van der Waals surface area contributed by atoms with Crippen LogP contribution in [0.25, 0.3) is 0 Å². The lowest BCUT2D eigenvalue weighted by molar-refractivity contribution is -0.128. The van der Waals surface area contributed by atoms with Gasteiger partial charge in [-0.1, -0.05) is 13.8 Å². The third-order valence-electron chi connectivity index (χ3n) is 8.43. The van der Waals surface area contributed by atoms with E-state index in [-0.39, 0.29) is 27.9 Å². The van der Waals surface area contributed by atoms with Gasteiger partial charge >= 0.3 is 0 Å². The highest BCUT2D eigenvalue weighted by Crippen LogP contribution is 2.67. The molecule has 0 aromatic rings. The summed E-state index contributed by atoms with van der Waals surface area (Å²) in [7, 11) is 0. The van der Waals surface area contributed by atoms with E-state index in [1.807, 2.05) is 6.08 Å². The zero-order valence-electron chi connectivity index (χ0n) is 15.1. The van der Waals surface area contributed by atoms with Crippen molar-refractivity contribution in [3.63, 3.8) is 0 Å². The Bertz CT molecular complexity index is 623. The Hall–Kier alpha value is -0.630. The van der Waals surface area contributed by atoms with Gasteiger partial charge in [0.15, 0.2) is 5.78 Å². The van der Waals surface area contributed by atoms with Crippen molar-refractivity contribution in [2.75, 3.05) is 0 Å². The molecule has 7 atom stereocenters. The van der Waals surface area contributed by atoms with Gasteiger partial charge in [0.05, 0.1) is 5.38 Å². The number of rotatable bonds is 1. The third-order valence-corrected chi connectivity index (χ3v) is 8.84. The van der Waals surface area contributed by atoms with E-state index in [1.54, 1.807) is 6.92 Å². The molecule has 3 saturated carbocycles. The number of Topliss-reactive ketones (excluding diaryl/α,β-unsaturated/α-hetero) is 1. The van der Waals surface area contributed by atoms with Gasteiger partial charge in [-0.2, -0.15) is 0 Å². The summed E-state index contributed by atoms with van der Waals surface area (Å²) < 4.78 is 0. The summed E-state index contributed by atoms with van der Waals surface area (Å²) in [6.07, 6.45) is 9.08. The Balaban J connectivity index is 1.71. The first-order chi connectivity index (χ1) is 11.3. The number of alkyl halides is 1. The van der Waals surface area contributed by atoms with E-state index in [2.05, 4.69) is 13.8 Å². The molecule has 3 fully saturated rings. The molecule has 0 spiro atoms. The molecule has 24 heavy (non-hydrogen) atoms. The van der Waals surface area contributed by atoms with Gasteiger partial charge in [0.25, 0.3) is 0 Å². The second kappa shape index (κ2) is 5.43. The molecule has 0 amide bonds. The zero-order valence-corrected chi connectivity index (χ0v) is 15.9. The molecular formula is C21H29ClO2. The summed E-state index contributed by atoms with van der Waals surface area (Å²) in [4.78, 5) is 24.1. The van der Waals surface area contributed by atoms with Crippen LogP contribution in [0.5, 0.6) is 0 Å². The summed E-state index contributed by atoms with van der Waals surface area (Å²) in [5.41, 5.74) is 1.48. The predicted octanol–water partition coefficient (Wildman–Crippen LogP) is 4.94.